The average Bonchev–Trinajstić information content (AvgIpc) is 2.38. The molecule has 1 unspecified atom stereocenters. The van der Waals surface area contributed by atoms with E-state index in [1.54, 1.807) is 0 Å². The van der Waals surface area contributed by atoms with Crippen LogP contribution in [0.4, 0.5) is 5.69 Å². The number of unbranched alkanes of at least 4 members (excludes halogenated alkanes) is 1. The van der Waals surface area contributed by atoms with Crippen molar-refractivity contribution in [2.75, 3.05) is 11.4 Å². The van der Waals surface area contributed by atoms with Gasteiger partial charge in [-0.25, -0.2) is 0 Å². The molecule has 0 aliphatic rings. The van der Waals surface area contributed by atoms with Crippen LogP contribution in [0.5, 0.6) is 0 Å². The highest BCUT2D eigenvalue weighted by Gasteiger charge is 2.17. The number of pyridine rings is 1. The Kier molecular flexibility index (Phi) is 6.29. The van der Waals surface area contributed by atoms with E-state index in [-0.39, 0.29) is 0 Å². The summed E-state index contributed by atoms with van der Waals surface area (Å²) in [4.78, 5) is 7.05. The van der Waals surface area contributed by atoms with Crippen LogP contribution in [-0.2, 0) is 6.54 Å². The maximum absolute atomic E-state index is 5.94. The lowest BCUT2D eigenvalue weighted by Gasteiger charge is -2.33. The number of rotatable bonds is 7. The van der Waals surface area contributed by atoms with E-state index in [1.807, 2.05) is 0 Å². The fraction of sp³-hybridized carbons (Fsp3) is 0.688. The Morgan fingerprint density at radius 2 is 2.00 bits per heavy atom. The number of aryl methyl sites for hydroxylation is 2. The SMILES string of the molecule is CCCCN(c1cc(C)nc(C)c1CN)C(C)CC. The smallest absolute Gasteiger partial charge is 0.0450 e. The van der Waals surface area contributed by atoms with Crippen molar-refractivity contribution in [3.8, 4) is 0 Å². The first-order chi connectivity index (χ1) is 9.04. The molecule has 1 heterocycles. The van der Waals surface area contributed by atoms with Gasteiger partial charge in [-0.15, -0.1) is 0 Å². The zero-order valence-corrected chi connectivity index (χ0v) is 13.2. The third-order valence-electron chi connectivity index (χ3n) is 3.82. The minimum atomic E-state index is 0.540. The molecule has 1 rings (SSSR count). The highest BCUT2D eigenvalue weighted by Crippen LogP contribution is 2.26. The maximum atomic E-state index is 5.94. The lowest BCUT2D eigenvalue weighted by atomic mass is 10.1. The van der Waals surface area contributed by atoms with E-state index < -0.39 is 0 Å². The van der Waals surface area contributed by atoms with Crippen LogP contribution in [0, 0.1) is 13.8 Å². The zero-order chi connectivity index (χ0) is 14.4. The van der Waals surface area contributed by atoms with Crippen LogP contribution in [0.1, 0.15) is 57.0 Å². The average molecular weight is 263 g/mol. The molecule has 0 aromatic carbocycles. The van der Waals surface area contributed by atoms with Gasteiger partial charge < -0.3 is 10.6 Å². The van der Waals surface area contributed by atoms with Crippen LogP contribution < -0.4 is 10.6 Å². The molecule has 0 saturated carbocycles. The van der Waals surface area contributed by atoms with Crippen molar-refractivity contribution in [2.24, 2.45) is 5.73 Å². The summed E-state index contributed by atoms with van der Waals surface area (Å²) in [5.74, 6) is 0. The van der Waals surface area contributed by atoms with Crippen molar-refractivity contribution in [3.63, 3.8) is 0 Å². The molecule has 2 N–H and O–H groups in total. The summed E-state index contributed by atoms with van der Waals surface area (Å²) in [7, 11) is 0. The summed E-state index contributed by atoms with van der Waals surface area (Å²) in [6.07, 6.45) is 3.58. The van der Waals surface area contributed by atoms with Gasteiger partial charge in [-0.2, -0.15) is 0 Å². The van der Waals surface area contributed by atoms with E-state index in [4.69, 9.17) is 5.73 Å². The van der Waals surface area contributed by atoms with Gasteiger partial charge in [-0.3, -0.25) is 4.98 Å². The Morgan fingerprint density at radius 1 is 1.32 bits per heavy atom. The molecule has 0 saturated heterocycles. The molecule has 108 valence electrons. The molecular weight excluding hydrogens is 234 g/mol. The normalized spacial score (nSPS) is 12.5. The molecule has 1 aromatic rings. The van der Waals surface area contributed by atoms with Crippen LogP contribution >= 0.6 is 0 Å². The van der Waals surface area contributed by atoms with Crippen LogP contribution in [0.25, 0.3) is 0 Å². The molecule has 0 bridgehead atoms. The molecule has 3 heteroatoms. The van der Waals surface area contributed by atoms with Crippen molar-refractivity contribution in [3.05, 3.63) is 23.0 Å². The fourth-order valence-electron chi connectivity index (χ4n) is 2.47. The summed E-state index contributed by atoms with van der Waals surface area (Å²) in [5, 5.41) is 0. The third kappa shape index (κ3) is 3.93. The molecule has 0 amide bonds. The van der Waals surface area contributed by atoms with E-state index in [2.05, 4.69) is 50.6 Å². The number of anilines is 1. The molecular formula is C16H29N3. The quantitative estimate of drug-likeness (QED) is 0.818. The van der Waals surface area contributed by atoms with Crippen molar-refractivity contribution >= 4 is 5.69 Å². The van der Waals surface area contributed by atoms with Gasteiger partial charge in [0.25, 0.3) is 0 Å². The van der Waals surface area contributed by atoms with Crippen molar-refractivity contribution in [1.29, 1.82) is 0 Å². The third-order valence-corrected chi connectivity index (χ3v) is 3.82. The van der Waals surface area contributed by atoms with Crippen molar-refractivity contribution in [1.82, 2.24) is 4.98 Å². The van der Waals surface area contributed by atoms with Crippen molar-refractivity contribution < 1.29 is 0 Å². The molecule has 19 heavy (non-hydrogen) atoms. The summed E-state index contributed by atoms with van der Waals surface area (Å²) in [6.45, 7) is 12.6. The molecule has 3 nitrogen and oxygen atoms in total. The topological polar surface area (TPSA) is 42.2 Å². The van der Waals surface area contributed by atoms with Crippen LogP contribution in [0.15, 0.2) is 6.07 Å². The van der Waals surface area contributed by atoms with Crippen molar-refractivity contribution in [2.45, 2.75) is 66.5 Å². The summed E-state index contributed by atoms with van der Waals surface area (Å²) in [6, 6.07) is 2.73. The van der Waals surface area contributed by atoms with Crippen LogP contribution in [-0.4, -0.2) is 17.6 Å². The van der Waals surface area contributed by atoms with Gasteiger partial charge in [0.2, 0.25) is 0 Å². The number of hydrogen-bond donors (Lipinski definition) is 1. The Bertz CT molecular complexity index is 401. The Morgan fingerprint density at radius 3 is 2.53 bits per heavy atom. The van der Waals surface area contributed by atoms with Gasteiger partial charge in [0.1, 0.15) is 0 Å². The Balaban J connectivity index is 3.19. The molecule has 0 aliphatic heterocycles. The van der Waals surface area contributed by atoms with E-state index in [0.717, 1.165) is 24.4 Å². The Labute approximate surface area is 118 Å². The fourth-order valence-corrected chi connectivity index (χ4v) is 2.47. The molecule has 0 fully saturated rings. The first kappa shape index (κ1) is 16.0. The van der Waals surface area contributed by atoms with Crippen LogP contribution in [0.2, 0.25) is 0 Å². The zero-order valence-electron chi connectivity index (χ0n) is 13.2. The van der Waals surface area contributed by atoms with Gasteiger partial charge in [0.05, 0.1) is 0 Å². The van der Waals surface area contributed by atoms with Gasteiger partial charge in [-0.05, 0) is 39.7 Å². The van der Waals surface area contributed by atoms with Gasteiger partial charge in [0, 0.05) is 41.8 Å². The molecule has 1 aromatic heterocycles. The van der Waals surface area contributed by atoms with E-state index in [0.29, 0.717) is 12.6 Å². The van der Waals surface area contributed by atoms with Crippen LogP contribution in [0.3, 0.4) is 0 Å². The standard InChI is InChI=1S/C16H29N3/c1-6-8-9-19(13(4)7-2)16-10-12(3)18-14(5)15(16)11-17/h10,13H,6-9,11,17H2,1-5H3. The van der Waals surface area contributed by atoms with E-state index >= 15 is 0 Å². The minimum absolute atomic E-state index is 0.540. The maximum Gasteiger partial charge on any atom is 0.0450 e. The predicted octanol–water partition coefficient (Wildman–Crippen LogP) is 3.56. The van der Waals surface area contributed by atoms with E-state index in [9.17, 15) is 0 Å². The minimum Gasteiger partial charge on any atom is -0.368 e. The number of hydrogen-bond acceptors (Lipinski definition) is 3. The lowest BCUT2D eigenvalue weighted by Crippen LogP contribution is -2.35. The second-order valence-corrected chi connectivity index (χ2v) is 5.36. The molecule has 0 spiro atoms. The van der Waals surface area contributed by atoms with Gasteiger partial charge >= 0.3 is 0 Å². The highest BCUT2D eigenvalue weighted by molar-refractivity contribution is 5.56. The summed E-state index contributed by atoms with van der Waals surface area (Å²) in [5.41, 5.74) is 10.6. The largest absolute Gasteiger partial charge is 0.368 e. The number of nitrogens with two attached hydrogens (primary N) is 1. The second kappa shape index (κ2) is 7.49. The highest BCUT2D eigenvalue weighted by atomic mass is 15.2. The summed E-state index contributed by atoms with van der Waals surface area (Å²) < 4.78 is 0. The molecule has 0 radical (unpaired) electrons. The van der Waals surface area contributed by atoms with E-state index in [1.165, 1.54) is 24.1 Å². The first-order valence-electron chi connectivity index (χ1n) is 7.48. The van der Waals surface area contributed by atoms with Gasteiger partial charge in [-0.1, -0.05) is 20.3 Å². The first-order valence-corrected chi connectivity index (χ1v) is 7.48. The monoisotopic (exact) mass is 263 g/mol. The lowest BCUT2D eigenvalue weighted by molar-refractivity contribution is 0.592. The summed E-state index contributed by atoms with van der Waals surface area (Å²) >= 11 is 0. The molecule has 0 aliphatic carbocycles. The Hall–Kier alpha value is -1.09. The number of aromatic nitrogens is 1. The van der Waals surface area contributed by atoms with Gasteiger partial charge in [0.15, 0.2) is 0 Å². The molecule has 1 atom stereocenters. The predicted molar refractivity (Wildman–Crippen MR) is 83.6 cm³/mol. The number of nitrogens with zero attached hydrogens (tertiary/aromatic N) is 2. The second-order valence-electron chi connectivity index (χ2n) is 5.36.